The maximum atomic E-state index is 12.0. The summed E-state index contributed by atoms with van der Waals surface area (Å²) in [4.78, 5) is 25.5. The average Bonchev–Trinajstić information content (AvgIpc) is 3.20. The van der Waals surface area contributed by atoms with Gasteiger partial charge < -0.3 is 23.5 Å². The third-order valence-electron chi connectivity index (χ3n) is 3.55. The Balaban J connectivity index is 1.52. The number of likely N-dealkylation sites (N-methyl/N-ethyl adjacent to an activating group) is 1. The molecule has 2 heterocycles. The molecule has 0 radical (unpaired) electrons. The predicted octanol–water partition coefficient (Wildman–Crippen LogP) is 2.13. The van der Waals surface area contributed by atoms with Crippen LogP contribution < -0.4 is 9.47 Å². The van der Waals surface area contributed by atoms with Gasteiger partial charge in [-0.05, 0) is 37.3 Å². The Kier molecular flexibility index (Phi) is 4.41. The summed E-state index contributed by atoms with van der Waals surface area (Å²) in [5, 5.41) is 0. The number of hydrogen-bond acceptors (Lipinski definition) is 6. The molecule has 0 atom stereocenters. The van der Waals surface area contributed by atoms with Gasteiger partial charge in [-0.15, -0.1) is 0 Å². The van der Waals surface area contributed by atoms with Crippen LogP contribution in [0.2, 0.25) is 0 Å². The minimum Gasteiger partial charge on any atom is -0.464 e. The van der Waals surface area contributed by atoms with Crippen molar-refractivity contribution in [2.24, 2.45) is 0 Å². The van der Waals surface area contributed by atoms with Crippen LogP contribution in [0.1, 0.15) is 21.9 Å². The van der Waals surface area contributed by atoms with E-state index < -0.39 is 5.97 Å². The number of furan rings is 1. The molecule has 0 unspecified atom stereocenters. The topological polar surface area (TPSA) is 78.2 Å². The van der Waals surface area contributed by atoms with Crippen LogP contribution in [0, 0.1) is 6.92 Å². The smallest absolute Gasteiger partial charge is 0.338 e. The fourth-order valence-electron chi connectivity index (χ4n) is 2.24. The van der Waals surface area contributed by atoms with Crippen molar-refractivity contribution in [1.29, 1.82) is 0 Å². The van der Waals surface area contributed by atoms with E-state index >= 15 is 0 Å². The lowest BCUT2D eigenvalue weighted by Gasteiger charge is -2.15. The Labute approximate surface area is 138 Å². The summed E-state index contributed by atoms with van der Waals surface area (Å²) in [5.74, 6) is 1.60. The molecule has 7 nitrogen and oxygen atoms in total. The molecule has 0 saturated carbocycles. The zero-order valence-corrected chi connectivity index (χ0v) is 13.4. The van der Waals surface area contributed by atoms with Crippen LogP contribution in [0.5, 0.6) is 11.5 Å². The zero-order chi connectivity index (χ0) is 17.1. The summed E-state index contributed by atoms with van der Waals surface area (Å²) in [7, 11) is 1.62. The van der Waals surface area contributed by atoms with E-state index in [2.05, 4.69) is 0 Å². The van der Waals surface area contributed by atoms with Crippen molar-refractivity contribution in [3.63, 3.8) is 0 Å². The number of nitrogens with zero attached hydrogens (tertiary/aromatic N) is 1. The van der Waals surface area contributed by atoms with Gasteiger partial charge in [0.1, 0.15) is 11.5 Å². The summed E-state index contributed by atoms with van der Waals surface area (Å²) in [5.41, 5.74) is 0.302. The highest BCUT2D eigenvalue weighted by Gasteiger charge is 2.19. The van der Waals surface area contributed by atoms with Gasteiger partial charge in [-0.2, -0.15) is 0 Å². The molecular formula is C17H17NO6. The van der Waals surface area contributed by atoms with Gasteiger partial charge in [0.25, 0.3) is 5.91 Å². The molecule has 1 aliphatic heterocycles. The third kappa shape index (κ3) is 3.51. The Hall–Kier alpha value is -2.96. The zero-order valence-electron chi connectivity index (χ0n) is 13.4. The lowest BCUT2D eigenvalue weighted by molar-refractivity contribution is -0.134. The van der Waals surface area contributed by atoms with Gasteiger partial charge >= 0.3 is 5.97 Å². The van der Waals surface area contributed by atoms with Crippen LogP contribution in [-0.4, -0.2) is 37.2 Å². The third-order valence-corrected chi connectivity index (χ3v) is 3.55. The summed E-state index contributed by atoms with van der Waals surface area (Å²) >= 11 is 0. The van der Waals surface area contributed by atoms with Crippen LogP contribution >= 0.6 is 0 Å². The van der Waals surface area contributed by atoms with Crippen LogP contribution in [0.3, 0.4) is 0 Å². The summed E-state index contributed by atoms with van der Waals surface area (Å²) in [6.07, 6.45) is 0. The number of ether oxygens (including phenoxy) is 3. The molecule has 3 rings (SSSR count). The monoisotopic (exact) mass is 331 g/mol. The molecule has 126 valence electrons. The number of esters is 1. The van der Waals surface area contributed by atoms with E-state index in [1.165, 1.54) is 11.0 Å². The van der Waals surface area contributed by atoms with Crippen LogP contribution in [0.15, 0.2) is 34.7 Å². The number of benzene rings is 1. The van der Waals surface area contributed by atoms with Gasteiger partial charge in [0, 0.05) is 7.05 Å². The molecule has 1 aromatic heterocycles. The molecule has 7 heteroatoms. The number of hydrogen-bond donors (Lipinski definition) is 0. The maximum Gasteiger partial charge on any atom is 0.338 e. The maximum absolute atomic E-state index is 12.0. The fraction of sp³-hybridized carbons (Fsp3) is 0.294. The average molecular weight is 331 g/mol. The van der Waals surface area contributed by atoms with Gasteiger partial charge in [0.05, 0.1) is 12.1 Å². The first kappa shape index (κ1) is 15.9. The highest BCUT2D eigenvalue weighted by atomic mass is 16.7. The summed E-state index contributed by atoms with van der Waals surface area (Å²) in [6.45, 7) is 1.93. The number of rotatable bonds is 5. The molecule has 0 saturated heterocycles. The molecule has 2 aromatic rings. The van der Waals surface area contributed by atoms with Crippen molar-refractivity contribution in [3.8, 4) is 11.5 Å². The number of amides is 1. The lowest BCUT2D eigenvalue weighted by atomic mass is 10.2. The first-order chi connectivity index (χ1) is 11.5. The van der Waals surface area contributed by atoms with E-state index in [1.54, 1.807) is 25.2 Å². The van der Waals surface area contributed by atoms with Crippen molar-refractivity contribution >= 4 is 11.9 Å². The Bertz CT molecular complexity index is 766. The number of carbonyl (C=O) groups is 2. The molecule has 1 aromatic carbocycles. The van der Waals surface area contributed by atoms with Crippen molar-refractivity contribution < 1.29 is 28.2 Å². The molecule has 0 spiro atoms. The van der Waals surface area contributed by atoms with Crippen LogP contribution in [0.4, 0.5) is 0 Å². The predicted molar refractivity (Wildman–Crippen MR) is 82.8 cm³/mol. The molecule has 0 bridgehead atoms. The minimum absolute atomic E-state index is 0.128. The van der Waals surface area contributed by atoms with Crippen molar-refractivity contribution in [2.75, 3.05) is 20.4 Å². The van der Waals surface area contributed by atoms with Crippen molar-refractivity contribution in [2.45, 2.75) is 13.5 Å². The Morgan fingerprint density at radius 1 is 1.17 bits per heavy atom. The molecule has 0 aliphatic carbocycles. The van der Waals surface area contributed by atoms with Crippen molar-refractivity contribution in [1.82, 2.24) is 4.90 Å². The van der Waals surface area contributed by atoms with Gasteiger partial charge in [-0.3, -0.25) is 4.79 Å². The molecule has 24 heavy (non-hydrogen) atoms. The number of aryl methyl sites for hydroxylation is 1. The van der Waals surface area contributed by atoms with Crippen LogP contribution in [-0.2, 0) is 16.1 Å². The van der Waals surface area contributed by atoms with E-state index in [0.29, 0.717) is 29.4 Å². The van der Waals surface area contributed by atoms with E-state index in [9.17, 15) is 9.59 Å². The SMILES string of the molecule is Cc1ccc(CN(C)C(=O)COC(=O)c2ccc3c(c2)OCO3)o1. The Morgan fingerprint density at radius 2 is 1.96 bits per heavy atom. The van der Waals surface area contributed by atoms with Gasteiger partial charge in [0.15, 0.2) is 18.1 Å². The van der Waals surface area contributed by atoms with Crippen molar-refractivity contribution in [3.05, 3.63) is 47.4 Å². The van der Waals surface area contributed by atoms with Gasteiger partial charge in [-0.25, -0.2) is 4.79 Å². The molecule has 1 aliphatic rings. The second-order valence-electron chi connectivity index (χ2n) is 5.41. The minimum atomic E-state index is -0.594. The molecule has 1 amide bonds. The second-order valence-corrected chi connectivity index (χ2v) is 5.41. The quantitative estimate of drug-likeness (QED) is 0.781. The first-order valence-corrected chi connectivity index (χ1v) is 7.39. The normalized spacial score (nSPS) is 12.1. The van der Waals surface area contributed by atoms with E-state index in [0.717, 1.165) is 5.76 Å². The highest BCUT2D eigenvalue weighted by Crippen LogP contribution is 2.32. The second kappa shape index (κ2) is 6.66. The standard InChI is InChI=1S/C17H17NO6/c1-11-3-5-13(24-11)8-18(2)16(19)9-21-17(20)12-4-6-14-15(7-12)23-10-22-14/h3-7H,8-10H2,1-2H3. The Morgan fingerprint density at radius 3 is 2.71 bits per heavy atom. The summed E-state index contributed by atoms with van der Waals surface area (Å²) < 4.78 is 20.9. The van der Waals surface area contributed by atoms with Gasteiger partial charge in [-0.1, -0.05) is 0 Å². The summed E-state index contributed by atoms with van der Waals surface area (Å²) in [6, 6.07) is 8.36. The lowest BCUT2D eigenvalue weighted by Crippen LogP contribution is -2.30. The van der Waals surface area contributed by atoms with Gasteiger partial charge in [0.2, 0.25) is 6.79 Å². The van der Waals surface area contributed by atoms with E-state index in [-0.39, 0.29) is 19.3 Å². The fourth-order valence-corrected chi connectivity index (χ4v) is 2.24. The number of fused-ring (bicyclic) bond motifs is 1. The molecular weight excluding hydrogens is 314 g/mol. The largest absolute Gasteiger partial charge is 0.464 e. The first-order valence-electron chi connectivity index (χ1n) is 7.39. The highest BCUT2D eigenvalue weighted by molar-refractivity contribution is 5.92. The van der Waals surface area contributed by atoms with E-state index in [4.69, 9.17) is 18.6 Å². The van der Waals surface area contributed by atoms with Crippen LogP contribution in [0.25, 0.3) is 0 Å². The molecule has 0 N–H and O–H groups in total. The number of carbonyl (C=O) groups excluding carboxylic acids is 2. The van der Waals surface area contributed by atoms with E-state index in [1.807, 2.05) is 13.0 Å². The molecule has 0 fully saturated rings.